The van der Waals surface area contributed by atoms with Gasteiger partial charge in [0.1, 0.15) is 6.54 Å². The molecule has 1 saturated heterocycles. The molecule has 0 bridgehead atoms. The summed E-state index contributed by atoms with van der Waals surface area (Å²) >= 11 is 3.47. The van der Waals surface area contributed by atoms with Crippen molar-refractivity contribution in [2.24, 2.45) is 0 Å². The fraction of sp³-hybridized carbons (Fsp3) is 0.381. The molecule has 2 aromatic rings. The highest BCUT2D eigenvalue weighted by Crippen LogP contribution is 2.38. The highest BCUT2D eigenvalue weighted by Gasteiger charge is 2.26. The van der Waals surface area contributed by atoms with Gasteiger partial charge in [-0.25, -0.2) is 0 Å². The van der Waals surface area contributed by atoms with E-state index in [2.05, 4.69) is 40.2 Å². The predicted molar refractivity (Wildman–Crippen MR) is 111 cm³/mol. The molecule has 0 spiro atoms. The van der Waals surface area contributed by atoms with E-state index in [1.54, 1.807) is 33.5 Å². The number of quaternary nitrogens is 1. The molecule has 0 saturated carbocycles. The van der Waals surface area contributed by atoms with E-state index in [0.29, 0.717) is 22.8 Å². The Labute approximate surface area is 174 Å². The number of piperazine rings is 1. The average Bonchev–Trinajstić information content (AvgIpc) is 2.74. The lowest BCUT2D eigenvalue weighted by Crippen LogP contribution is -3.13. The number of carbonyl (C=O) groups excluding carboxylic acids is 1. The van der Waals surface area contributed by atoms with E-state index in [4.69, 9.17) is 14.2 Å². The first-order valence-electron chi connectivity index (χ1n) is 9.23. The van der Waals surface area contributed by atoms with Gasteiger partial charge in [-0.1, -0.05) is 28.1 Å². The number of benzene rings is 2. The van der Waals surface area contributed by atoms with Crippen molar-refractivity contribution < 1.29 is 23.9 Å². The second-order valence-corrected chi connectivity index (χ2v) is 7.68. The fourth-order valence-electron chi connectivity index (χ4n) is 3.48. The minimum atomic E-state index is -0.0121. The van der Waals surface area contributed by atoms with Crippen molar-refractivity contribution >= 4 is 21.8 Å². The second-order valence-electron chi connectivity index (χ2n) is 6.76. The van der Waals surface area contributed by atoms with Crippen LogP contribution in [0, 0.1) is 0 Å². The Morgan fingerprint density at radius 1 is 1.00 bits per heavy atom. The number of hydrogen-bond acceptors (Lipinski definition) is 4. The van der Waals surface area contributed by atoms with Gasteiger partial charge in [0.25, 0.3) is 5.91 Å². The molecule has 7 heteroatoms. The van der Waals surface area contributed by atoms with Crippen LogP contribution < -0.4 is 19.1 Å². The number of rotatable bonds is 6. The minimum absolute atomic E-state index is 0.0121. The van der Waals surface area contributed by atoms with Gasteiger partial charge >= 0.3 is 0 Å². The highest BCUT2D eigenvalue weighted by atomic mass is 79.9. The summed E-state index contributed by atoms with van der Waals surface area (Å²) in [6.45, 7) is 4.26. The molecule has 0 aromatic heterocycles. The Kier molecular flexibility index (Phi) is 6.80. The third-order valence-electron chi connectivity index (χ3n) is 5.04. The van der Waals surface area contributed by atoms with Crippen molar-refractivity contribution in [1.82, 2.24) is 4.90 Å². The molecule has 1 fully saturated rings. The van der Waals surface area contributed by atoms with E-state index >= 15 is 0 Å². The Bertz CT molecular complexity index is 793. The van der Waals surface area contributed by atoms with Gasteiger partial charge < -0.3 is 24.0 Å². The van der Waals surface area contributed by atoms with Gasteiger partial charge in [0.05, 0.1) is 47.5 Å². The molecule has 1 heterocycles. The van der Waals surface area contributed by atoms with E-state index in [1.165, 1.54) is 10.5 Å². The van der Waals surface area contributed by atoms with Gasteiger partial charge in [-0.15, -0.1) is 0 Å². The van der Waals surface area contributed by atoms with Crippen molar-refractivity contribution in [3.8, 4) is 17.2 Å². The van der Waals surface area contributed by atoms with E-state index in [0.717, 1.165) is 37.2 Å². The van der Waals surface area contributed by atoms with Crippen LogP contribution in [-0.2, 0) is 6.54 Å². The monoisotopic (exact) mass is 449 g/mol. The molecule has 0 unspecified atom stereocenters. The van der Waals surface area contributed by atoms with Gasteiger partial charge in [0.15, 0.2) is 11.5 Å². The van der Waals surface area contributed by atoms with Crippen LogP contribution in [0.4, 0.5) is 0 Å². The SMILES string of the molecule is COc1cc(C(=O)N2CC[NH+](Cc3ccc(Br)cc3)CC2)cc(OC)c1OC. The molecule has 1 aliphatic rings. The molecule has 0 aliphatic carbocycles. The maximum Gasteiger partial charge on any atom is 0.254 e. The third-order valence-corrected chi connectivity index (χ3v) is 5.57. The third kappa shape index (κ3) is 4.59. The number of amides is 1. The molecule has 28 heavy (non-hydrogen) atoms. The summed E-state index contributed by atoms with van der Waals surface area (Å²) in [6, 6.07) is 11.8. The summed E-state index contributed by atoms with van der Waals surface area (Å²) in [5.41, 5.74) is 1.86. The summed E-state index contributed by atoms with van der Waals surface area (Å²) in [6.07, 6.45) is 0. The molecule has 150 valence electrons. The van der Waals surface area contributed by atoms with Crippen LogP contribution in [0.1, 0.15) is 15.9 Å². The maximum absolute atomic E-state index is 13.0. The first kappa shape index (κ1) is 20.5. The molecule has 0 atom stereocenters. The Morgan fingerprint density at radius 2 is 1.57 bits per heavy atom. The van der Waals surface area contributed by atoms with E-state index in [1.807, 2.05) is 4.90 Å². The molecule has 1 amide bonds. The Hall–Kier alpha value is -2.25. The largest absolute Gasteiger partial charge is 0.493 e. The minimum Gasteiger partial charge on any atom is -0.493 e. The summed E-state index contributed by atoms with van der Waals surface area (Å²) in [5, 5.41) is 0. The number of ether oxygens (including phenoxy) is 3. The quantitative estimate of drug-likeness (QED) is 0.732. The van der Waals surface area contributed by atoms with Crippen LogP contribution in [0.15, 0.2) is 40.9 Å². The number of methoxy groups -OCH3 is 3. The van der Waals surface area contributed by atoms with Crippen molar-refractivity contribution in [2.45, 2.75) is 6.54 Å². The fourth-order valence-corrected chi connectivity index (χ4v) is 3.75. The van der Waals surface area contributed by atoms with Crippen LogP contribution >= 0.6 is 15.9 Å². The topological polar surface area (TPSA) is 52.4 Å². The molecule has 1 N–H and O–H groups in total. The first-order chi connectivity index (χ1) is 13.5. The Balaban J connectivity index is 1.65. The predicted octanol–water partition coefficient (Wildman–Crippen LogP) is 2.02. The number of nitrogens with one attached hydrogen (secondary N) is 1. The summed E-state index contributed by atoms with van der Waals surface area (Å²) in [4.78, 5) is 16.4. The summed E-state index contributed by atoms with van der Waals surface area (Å²) in [5.74, 6) is 1.46. The number of hydrogen-bond donors (Lipinski definition) is 1. The first-order valence-corrected chi connectivity index (χ1v) is 10.0. The number of halogens is 1. The van der Waals surface area contributed by atoms with Gasteiger partial charge in [0.2, 0.25) is 5.75 Å². The summed E-state index contributed by atoms with van der Waals surface area (Å²) in [7, 11) is 4.65. The van der Waals surface area contributed by atoms with Crippen molar-refractivity contribution in [3.05, 3.63) is 52.0 Å². The lowest BCUT2D eigenvalue weighted by molar-refractivity contribution is -0.917. The molecular formula is C21H26BrN2O4+. The summed E-state index contributed by atoms with van der Waals surface area (Å²) < 4.78 is 17.2. The smallest absolute Gasteiger partial charge is 0.254 e. The molecule has 3 rings (SSSR count). The van der Waals surface area contributed by atoms with Gasteiger partial charge in [-0.3, -0.25) is 4.79 Å². The van der Waals surface area contributed by atoms with E-state index in [9.17, 15) is 4.79 Å². The van der Waals surface area contributed by atoms with Crippen LogP contribution in [0.3, 0.4) is 0 Å². The van der Waals surface area contributed by atoms with Gasteiger partial charge in [-0.2, -0.15) is 0 Å². The van der Waals surface area contributed by atoms with Crippen molar-refractivity contribution in [3.63, 3.8) is 0 Å². The van der Waals surface area contributed by atoms with Gasteiger partial charge in [0, 0.05) is 15.6 Å². The zero-order valence-corrected chi connectivity index (χ0v) is 18.0. The molecule has 1 aliphatic heterocycles. The van der Waals surface area contributed by atoms with Crippen molar-refractivity contribution in [2.75, 3.05) is 47.5 Å². The van der Waals surface area contributed by atoms with Crippen LogP contribution in [0.25, 0.3) is 0 Å². The number of nitrogens with zero attached hydrogens (tertiary/aromatic N) is 1. The van der Waals surface area contributed by atoms with Gasteiger partial charge in [-0.05, 0) is 24.3 Å². The van der Waals surface area contributed by atoms with E-state index < -0.39 is 0 Å². The van der Waals surface area contributed by atoms with Crippen LogP contribution in [0.5, 0.6) is 17.2 Å². The standard InChI is InChI=1S/C21H25BrN2O4/c1-26-18-12-16(13-19(27-2)20(18)28-3)21(25)24-10-8-23(9-11-24)14-15-4-6-17(22)7-5-15/h4-7,12-13H,8-11,14H2,1-3H3/p+1. The average molecular weight is 450 g/mol. The molecule has 2 aromatic carbocycles. The second kappa shape index (κ2) is 9.30. The molecular weight excluding hydrogens is 424 g/mol. The molecule has 0 radical (unpaired) electrons. The van der Waals surface area contributed by atoms with E-state index in [-0.39, 0.29) is 5.91 Å². The molecule has 6 nitrogen and oxygen atoms in total. The lowest BCUT2D eigenvalue weighted by Gasteiger charge is -2.32. The highest BCUT2D eigenvalue weighted by molar-refractivity contribution is 9.10. The Morgan fingerprint density at radius 3 is 2.07 bits per heavy atom. The lowest BCUT2D eigenvalue weighted by atomic mass is 10.1. The van der Waals surface area contributed by atoms with Crippen LogP contribution in [-0.4, -0.2) is 58.3 Å². The van der Waals surface area contributed by atoms with Crippen LogP contribution in [0.2, 0.25) is 0 Å². The zero-order chi connectivity index (χ0) is 20.1. The number of carbonyl (C=O) groups is 1. The van der Waals surface area contributed by atoms with Crippen molar-refractivity contribution in [1.29, 1.82) is 0 Å². The zero-order valence-electron chi connectivity index (χ0n) is 16.5. The normalized spacial score (nSPS) is 14.6. The maximum atomic E-state index is 13.0.